The van der Waals surface area contributed by atoms with Crippen molar-refractivity contribution in [2.45, 2.75) is 71.9 Å². The number of oxazole rings is 1. The van der Waals surface area contributed by atoms with Crippen LogP contribution in [0.5, 0.6) is 5.75 Å². The second-order valence-corrected chi connectivity index (χ2v) is 10.6. The van der Waals surface area contributed by atoms with E-state index < -0.39 is 29.4 Å². The molecule has 0 atom stereocenters. The van der Waals surface area contributed by atoms with Gasteiger partial charge in [0.2, 0.25) is 5.89 Å². The van der Waals surface area contributed by atoms with Crippen molar-refractivity contribution in [3.63, 3.8) is 0 Å². The van der Waals surface area contributed by atoms with Crippen LogP contribution < -0.4 is 4.74 Å². The first-order chi connectivity index (χ1) is 18.7. The molecule has 0 saturated carbocycles. The SMILES string of the molecule is Cc1nc(-c2ccc(C(F)(F)F)cc2)oc1COc1ccc(CCC(=O)O)c2c1CCN(C(=O)OC(C)(C)C)C2. The van der Waals surface area contributed by atoms with Gasteiger partial charge in [-0.15, -0.1) is 0 Å². The van der Waals surface area contributed by atoms with Gasteiger partial charge in [0.1, 0.15) is 18.0 Å². The molecule has 1 aliphatic heterocycles. The number of fused-ring (bicyclic) bond motifs is 1. The molecule has 2 aromatic carbocycles. The Morgan fingerprint density at radius 3 is 2.40 bits per heavy atom. The van der Waals surface area contributed by atoms with Crippen molar-refractivity contribution in [2.24, 2.45) is 0 Å². The average Bonchev–Trinajstić information content (AvgIpc) is 3.25. The van der Waals surface area contributed by atoms with Crippen LogP contribution in [0, 0.1) is 6.92 Å². The number of carbonyl (C=O) groups is 2. The maximum absolute atomic E-state index is 12.9. The standard InChI is InChI=1S/C29H31F3N2O6/c1-17-24(39-26(33-17)19-5-9-20(10-6-19)29(30,31)32)16-38-23-11-7-18(8-12-25(35)36)22-15-34(14-13-21(22)23)27(37)40-28(2,3)4/h5-7,9-11H,8,12-16H2,1-4H3,(H,35,36). The van der Waals surface area contributed by atoms with E-state index in [1.54, 1.807) is 44.7 Å². The Morgan fingerprint density at radius 1 is 1.07 bits per heavy atom. The molecule has 11 heteroatoms. The smallest absolute Gasteiger partial charge is 0.416 e. The lowest BCUT2D eigenvalue weighted by molar-refractivity contribution is -0.138. The van der Waals surface area contributed by atoms with E-state index in [1.807, 2.05) is 0 Å². The fourth-order valence-electron chi connectivity index (χ4n) is 4.43. The van der Waals surface area contributed by atoms with Gasteiger partial charge in [-0.05, 0) is 82.0 Å². The molecule has 0 aliphatic carbocycles. The van der Waals surface area contributed by atoms with Crippen molar-refractivity contribution in [2.75, 3.05) is 6.54 Å². The molecule has 0 spiro atoms. The molecule has 0 unspecified atom stereocenters. The van der Waals surface area contributed by atoms with E-state index in [2.05, 4.69) is 4.98 Å². The first-order valence-electron chi connectivity index (χ1n) is 12.8. The summed E-state index contributed by atoms with van der Waals surface area (Å²) in [5, 5.41) is 9.20. The van der Waals surface area contributed by atoms with Gasteiger partial charge in [0.15, 0.2) is 5.76 Å². The fraction of sp³-hybridized carbons (Fsp3) is 0.414. The average molecular weight is 561 g/mol. The molecule has 0 saturated heterocycles. The summed E-state index contributed by atoms with van der Waals surface area (Å²) >= 11 is 0. The minimum atomic E-state index is -4.43. The Labute approximate surface area is 229 Å². The lowest BCUT2D eigenvalue weighted by Gasteiger charge is -2.33. The first-order valence-corrected chi connectivity index (χ1v) is 12.8. The van der Waals surface area contributed by atoms with Crippen LogP contribution in [0.3, 0.4) is 0 Å². The minimum Gasteiger partial charge on any atom is -0.485 e. The number of halogens is 3. The van der Waals surface area contributed by atoms with Crippen LogP contribution in [-0.2, 0) is 41.7 Å². The van der Waals surface area contributed by atoms with Crippen molar-refractivity contribution in [3.05, 3.63) is 70.1 Å². The van der Waals surface area contributed by atoms with Crippen LogP contribution in [0.1, 0.15) is 60.9 Å². The van der Waals surface area contributed by atoms with E-state index in [0.29, 0.717) is 42.2 Å². The Bertz CT molecular complexity index is 1390. The summed E-state index contributed by atoms with van der Waals surface area (Å²) < 4.78 is 56.1. The van der Waals surface area contributed by atoms with Crippen molar-refractivity contribution >= 4 is 12.1 Å². The van der Waals surface area contributed by atoms with E-state index >= 15 is 0 Å². The maximum Gasteiger partial charge on any atom is 0.416 e. The lowest BCUT2D eigenvalue weighted by atomic mass is 9.92. The molecule has 214 valence electrons. The largest absolute Gasteiger partial charge is 0.485 e. The summed E-state index contributed by atoms with van der Waals surface area (Å²) in [5.74, 6) is 0.261. The van der Waals surface area contributed by atoms with Gasteiger partial charge in [0, 0.05) is 30.6 Å². The molecule has 8 nitrogen and oxygen atoms in total. The predicted molar refractivity (Wildman–Crippen MR) is 139 cm³/mol. The number of alkyl halides is 3. The fourth-order valence-corrected chi connectivity index (χ4v) is 4.43. The number of aryl methyl sites for hydroxylation is 2. The van der Waals surface area contributed by atoms with Crippen LogP contribution in [0.2, 0.25) is 0 Å². The minimum absolute atomic E-state index is 0.0240. The zero-order chi connectivity index (χ0) is 29.2. The van der Waals surface area contributed by atoms with Gasteiger partial charge in [-0.3, -0.25) is 4.79 Å². The van der Waals surface area contributed by atoms with Crippen LogP contribution in [0.25, 0.3) is 11.5 Å². The molecule has 0 fully saturated rings. The number of carboxylic acids is 1. The number of aromatic nitrogens is 1. The highest BCUT2D eigenvalue weighted by molar-refractivity contribution is 5.70. The van der Waals surface area contributed by atoms with E-state index in [0.717, 1.165) is 28.8 Å². The number of ether oxygens (including phenoxy) is 2. The van der Waals surface area contributed by atoms with E-state index in [-0.39, 0.29) is 25.5 Å². The summed E-state index contributed by atoms with van der Waals surface area (Å²) in [6.45, 7) is 7.79. The number of hydrogen-bond acceptors (Lipinski definition) is 6. The van der Waals surface area contributed by atoms with Crippen molar-refractivity contribution in [3.8, 4) is 17.2 Å². The van der Waals surface area contributed by atoms with Gasteiger partial charge in [-0.2, -0.15) is 13.2 Å². The second-order valence-electron chi connectivity index (χ2n) is 10.6. The van der Waals surface area contributed by atoms with Gasteiger partial charge in [-0.1, -0.05) is 6.07 Å². The second kappa shape index (κ2) is 11.2. The summed E-state index contributed by atoms with van der Waals surface area (Å²) in [4.78, 5) is 29.9. The number of aliphatic carboxylic acids is 1. The maximum atomic E-state index is 12.9. The van der Waals surface area contributed by atoms with Gasteiger partial charge in [0.25, 0.3) is 0 Å². The number of amides is 1. The summed E-state index contributed by atoms with van der Waals surface area (Å²) in [6, 6.07) is 8.15. The van der Waals surface area contributed by atoms with Gasteiger partial charge in [-0.25, -0.2) is 9.78 Å². The summed E-state index contributed by atoms with van der Waals surface area (Å²) in [6.07, 6.45) is -4.14. The molecule has 1 aliphatic rings. The van der Waals surface area contributed by atoms with E-state index in [9.17, 15) is 27.9 Å². The lowest BCUT2D eigenvalue weighted by Crippen LogP contribution is -2.40. The highest BCUT2D eigenvalue weighted by Gasteiger charge is 2.31. The van der Waals surface area contributed by atoms with Crippen LogP contribution in [-0.4, -0.2) is 39.2 Å². The predicted octanol–water partition coefficient (Wildman–Crippen LogP) is 6.56. The third kappa shape index (κ3) is 6.94. The summed E-state index contributed by atoms with van der Waals surface area (Å²) in [7, 11) is 0. The van der Waals surface area contributed by atoms with Crippen LogP contribution in [0.4, 0.5) is 18.0 Å². The van der Waals surface area contributed by atoms with Crippen molar-refractivity contribution in [1.29, 1.82) is 0 Å². The number of rotatable bonds is 7. The number of benzene rings is 2. The third-order valence-electron chi connectivity index (χ3n) is 6.44. The molecule has 1 amide bonds. The third-order valence-corrected chi connectivity index (χ3v) is 6.44. The van der Waals surface area contributed by atoms with Crippen molar-refractivity contribution < 1.29 is 41.8 Å². The number of carboxylic acid groups (broad SMARTS) is 1. The molecule has 0 radical (unpaired) electrons. The van der Waals surface area contributed by atoms with Crippen molar-refractivity contribution in [1.82, 2.24) is 9.88 Å². The molecular formula is C29H31F3N2O6. The van der Waals surface area contributed by atoms with E-state index in [1.165, 1.54) is 12.1 Å². The van der Waals surface area contributed by atoms with Crippen LogP contribution >= 0.6 is 0 Å². The Balaban J connectivity index is 1.54. The number of carbonyl (C=O) groups excluding carboxylic acids is 1. The Kier molecular flexibility index (Phi) is 8.13. The van der Waals surface area contributed by atoms with Crippen LogP contribution in [0.15, 0.2) is 40.8 Å². The Hall–Kier alpha value is -4.02. The normalized spacial score (nSPS) is 13.6. The topological polar surface area (TPSA) is 102 Å². The van der Waals surface area contributed by atoms with Gasteiger partial charge < -0.3 is 23.9 Å². The summed E-state index contributed by atoms with van der Waals surface area (Å²) in [5.41, 5.74) is 2.06. The highest BCUT2D eigenvalue weighted by atomic mass is 19.4. The van der Waals surface area contributed by atoms with E-state index in [4.69, 9.17) is 13.9 Å². The Morgan fingerprint density at radius 2 is 1.77 bits per heavy atom. The molecule has 1 N–H and O–H groups in total. The number of hydrogen-bond donors (Lipinski definition) is 1. The van der Waals surface area contributed by atoms with Gasteiger partial charge >= 0.3 is 18.2 Å². The molecule has 3 aromatic rings. The number of nitrogens with zero attached hydrogens (tertiary/aromatic N) is 2. The zero-order valence-corrected chi connectivity index (χ0v) is 22.7. The zero-order valence-electron chi connectivity index (χ0n) is 22.7. The molecule has 40 heavy (non-hydrogen) atoms. The first kappa shape index (κ1) is 29.0. The molecule has 2 heterocycles. The molecule has 4 rings (SSSR count). The quantitative estimate of drug-likeness (QED) is 0.349. The highest BCUT2D eigenvalue weighted by Crippen LogP contribution is 2.34. The molecule has 0 bridgehead atoms. The monoisotopic (exact) mass is 560 g/mol. The molecular weight excluding hydrogens is 529 g/mol. The molecule has 1 aromatic heterocycles. The van der Waals surface area contributed by atoms with Gasteiger partial charge in [0.05, 0.1) is 11.3 Å².